The molecule has 0 atom stereocenters. The second-order valence-electron chi connectivity index (χ2n) is 7.01. The lowest BCUT2D eigenvalue weighted by atomic mass is 10.2. The van der Waals surface area contributed by atoms with E-state index in [4.69, 9.17) is 14.2 Å². The Hall–Kier alpha value is -2.73. The summed E-state index contributed by atoms with van der Waals surface area (Å²) in [6, 6.07) is 7.83. The molecule has 1 heterocycles. The van der Waals surface area contributed by atoms with Crippen molar-refractivity contribution in [2.75, 3.05) is 58.9 Å². The van der Waals surface area contributed by atoms with Crippen molar-refractivity contribution in [1.29, 1.82) is 0 Å². The number of halogens is 1. The van der Waals surface area contributed by atoms with Crippen molar-refractivity contribution >= 4 is 21.6 Å². The van der Waals surface area contributed by atoms with Crippen molar-refractivity contribution < 1.29 is 31.8 Å². The van der Waals surface area contributed by atoms with Gasteiger partial charge < -0.3 is 19.5 Å². The molecular weight excluding hydrogens is 441 g/mol. The Labute approximate surface area is 186 Å². The zero-order valence-corrected chi connectivity index (χ0v) is 18.7. The molecule has 1 aliphatic heterocycles. The first-order valence-electron chi connectivity index (χ1n) is 9.97. The number of sulfonamides is 1. The zero-order chi connectivity index (χ0) is 23.1. The molecule has 0 radical (unpaired) electrons. The number of ether oxygens (including phenoxy) is 3. The number of nitrogens with zero attached hydrogens (tertiary/aromatic N) is 1. The number of carbonyl (C=O) groups excluding carboxylic acids is 1. The lowest BCUT2D eigenvalue weighted by Crippen LogP contribution is -2.41. The van der Waals surface area contributed by atoms with Crippen LogP contribution in [0.25, 0.3) is 0 Å². The predicted molar refractivity (Wildman–Crippen MR) is 116 cm³/mol. The number of methoxy groups -OCH3 is 2. The minimum absolute atomic E-state index is 0.183. The van der Waals surface area contributed by atoms with Crippen LogP contribution in [0.1, 0.15) is 10.4 Å². The van der Waals surface area contributed by atoms with E-state index >= 15 is 0 Å². The smallest absolute Gasteiger partial charge is 0.258 e. The Bertz CT molecular complexity index is 1060. The molecule has 1 aliphatic rings. The maximum absolute atomic E-state index is 14.4. The number of anilines is 1. The predicted octanol–water partition coefficient (Wildman–Crippen LogP) is 1.71. The normalized spacial score (nSPS) is 14.7. The third kappa shape index (κ3) is 5.94. The Balaban J connectivity index is 1.73. The molecule has 2 aromatic rings. The van der Waals surface area contributed by atoms with Crippen LogP contribution in [-0.2, 0) is 14.8 Å². The Kier molecular flexibility index (Phi) is 8.02. The average Bonchev–Trinajstić information content (AvgIpc) is 2.79. The summed E-state index contributed by atoms with van der Waals surface area (Å²) in [5, 5.41) is 2.54. The molecule has 0 bridgehead atoms. The molecule has 1 fully saturated rings. The van der Waals surface area contributed by atoms with Gasteiger partial charge in [0.2, 0.25) is 10.0 Å². The van der Waals surface area contributed by atoms with Gasteiger partial charge in [-0.2, -0.15) is 0 Å². The maximum Gasteiger partial charge on any atom is 0.258 e. The van der Waals surface area contributed by atoms with Gasteiger partial charge in [0.1, 0.15) is 17.3 Å². The molecule has 11 heteroatoms. The minimum atomic E-state index is -3.93. The van der Waals surface area contributed by atoms with Gasteiger partial charge in [0.15, 0.2) is 0 Å². The first-order chi connectivity index (χ1) is 15.3. The van der Waals surface area contributed by atoms with E-state index < -0.39 is 27.3 Å². The standard InChI is InChI=1S/C21H26FN3O6S/c1-29-15-3-6-20(30-2)19(13-15)24-21(26)17-14-16(4-5-18(17)22)32(27,28)23-7-8-25-9-11-31-12-10-25/h3-6,13-14,23H,7-12H2,1-2H3,(H,24,26). The van der Waals surface area contributed by atoms with Crippen LogP contribution in [0, 0.1) is 5.82 Å². The third-order valence-electron chi connectivity index (χ3n) is 4.97. The number of hydrogen-bond donors (Lipinski definition) is 2. The van der Waals surface area contributed by atoms with E-state index in [0.29, 0.717) is 31.3 Å². The Morgan fingerprint density at radius 2 is 1.88 bits per heavy atom. The molecular formula is C21H26FN3O6S. The van der Waals surface area contributed by atoms with Gasteiger partial charge in [0.05, 0.1) is 43.6 Å². The summed E-state index contributed by atoms with van der Waals surface area (Å²) in [5.74, 6) is -0.869. The summed E-state index contributed by atoms with van der Waals surface area (Å²) >= 11 is 0. The van der Waals surface area contributed by atoms with Gasteiger partial charge in [-0.05, 0) is 30.3 Å². The van der Waals surface area contributed by atoms with Gasteiger partial charge in [-0.1, -0.05) is 0 Å². The molecule has 0 unspecified atom stereocenters. The van der Waals surface area contributed by atoms with Crippen LogP contribution in [0.4, 0.5) is 10.1 Å². The van der Waals surface area contributed by atoms with Crippen LogP contribution in [-0.4, -0.2) is 72.8 Å². The lowest BCUT2D eigenvalue weighted by Gasteiger charge is -2.26. The van der Waals surface area contributed by atoms with Crippen molar-refractivity contribution in [2.24, 2.45) is 0 Å². The van der Waals surface area contributed by atoms with Gasteiger partial charge in [0, 0.05) is 32.2 Å². The van der Waals surface area contributed by atoms with Gasteiger partial charge in [-0.15, -0.1) is 0 Å². The van der Waals surface area contributed by atoms with E-state index in [1.165, 1.54) is 20.3 Å². The van der Waals surface area contributed by atoms with Gasteiger partial charge in [-0.3, -0.25) is 9.69 Å². The quantitative estimate of drug-likeness (QED) is 0.578. The fraction of sp³-hybridized carbons (Fsp3) is 0.381. The van der Waals surface area contributed by atoms with Crippen LogP contribution >= 0.6 is 0 Å². The maximum atomic E-state index is 14.4. The molecule has 9 nitrogen and oxygen atoms in total. The van der Waals surface area contributed by atoms with Crippen molar-refractivity contribution in [2.45, 2.75) is 4.90 Å². The zero-order valence-electron chi connectivity index (χ0n) is 17.9. The Morgan fingerprint density at radius 1 is 1.12 bits per heavy atom. The van der Waals surface area contributed by atoms with E-state index in [0.717, 1.165) is 31.3 Å². The number of amides is 1. The SMILES string of the molecule is COc1ccc(OC)c(NC(=O)c2cc(S(=O)(=O)NCCN3CCOCC3)ccc2F)c1. The number of rotatable bonds is 9. The van der Waals surface area contributed by atoms with Crippen molar-refractivity contribution in [3.05, 3.63) is 47.8 Å². The summed E-state index contributed by atoms with van der Waals surface area (Å²) in [6.07, 6.45) is 0. The molecule has 174 valence electrons. The highest BCUT2D eigenvalue weighted by Crippen LogP contribution is 2.29. The van der Waals surface area contributed by atoms with Crippen LogP contribution in [0.15, 0.2) is 41.3 Å². The lowest BCUT2D eigenvalue weighted by molar-refractivity contribution is 0.0390. The molecule has 32 heavy (non-hydrogen) atoms. The second-order valence-corrected chi connectivity index (χ2v) is 8.78. The summed E-state index contributed by atoms with van der Waals surface area (Å²) in [7, 11) is -1.04. The van der Waals surface area contributed by atoms with Crippen molar-refractivity contribution in [3.8, 4) is 11.5 Å². The number of carbonyl (C=O) groups is 1. The molecule has 0 saturated carbocycles. The molecule has 2 N–H and O–H groups in total. The summed E-state index contributed by atoms with van der Waals surface area (Å²) < 4.78 is 57.8. The summed E-state index contributed by atoms with van der Waals surface area (Å²) in [6.45, 7) is 3.39. The first kappa shape index (κ1) is 23.9. The van der Waals surface area contributed by atoms with Gasteiger partial charge >= 0.3 is 0 Å². The molecule has 0 aromatic heterocycles. The summed E-state index contributed by atoms with van der Waals surface area (Å²) in [5.41, 5.74) is -0.154. The van der Waals surface area contributed by atoms with Crippen LogP contribution < -0.4 is 19.5 Å². The monoisotopic (exact) mass is 467 g/mol. The number of benzene rings is 2. The second kappa shape index (κ2) is 10.7. The highest BCUT2D eigenvalue weighted by molar-refractivity contribution is 7.89. The number of nitrogens with one attached hydrogen (secondary N) is 2. The highest BCUT2D eigenvalue weighted by atomic mass is 32.2. The molecule has 1 amide bonds. The van der Waals surface area contributed by atoms with E-state index in [9.17, 15) is 17.6 Å². The highest BCUT2D eigenvalue weighted by Gasteiger charge is 2.21. The molecule has 2 aromatic carbocycles. The minimum Gasteiger partial charge on any atom is -0.497 e. The van der Waals surface area contributed by atoms with Crippen LogP contribution in [0.3, 0.4) is 0 Å². The molecule has 1 saturated heterocycles. The van der Waals surface area contributed by atoms with E-state index in [-0.39, 0.29) is 17.1 Å². The van der Waals surface area contributed by atoms with Gasteiger partial charge in [0.25, 0.3) is 5.91 Å². The topological polar surface area (TPSA) is 106 Å². The molecule has 0 aliphatic carbocycles. The van der Waals surface area contributed by atoms with Gasteiger partial charge in [-0.25, -0.2) is 17.5 Å². The Morgan fingerprint density at radius 3 is 2.56 bits per heavy atom. The number of morpholine rings is 1. The fourth-order valence-corrected chi connectivity index (χ4v) is 4.24. The van der Waals surface area contributed by atoms with E-state index in [1.54, 1.807) is 12.1 Å². The van der Waals surface area contributed by atoms with Crippen molar-refractivity contribution in [1.82, 2.24) is 9.62 Å². The largest absolute Gasteiger partial charge is 0.497 e. The molecule has 3 rings (SSSR count). The third-order valence-corrected chi connectivity index (χ3v) is 6.43. The van der Waals surface area contributed by atoms with Crippen LogP contribution in [0.5, 0.6) is 11.5 Å². The van der Waals surface area contributed by atoms with E-state index in [1.807, 2.05) is 0 Å². The van der Waals surface area contributed by atoms with E-state index in [2.05, 4.69) is 14.9 Å². The summed E-state index contributed by atoms with van der Waals surface area (Å²) in [4.78, 5) is 14.6. The average molecular weight is 468 g/mol. The van der Waals surface area contributed by atoms with Crippen molar-refractivity contribution in [3.63, 3.8) is 0 Å². The number of hydrogen-bond acceptors (Lipinski definition) is 7. The molecule has 0 spiro atoms. The first-order valence-corrected chi connectivity index (χ1v) is 11.4. The van der Waals surface area contributed by atoms with Crippen LogP contribution in [0.2, 0.25) is 0 Å². The fourth-order valence-electron chi connectivity index (χ4n) is 3.19.